The first-order valence-electron chi connectivity index (χ1n) is 7.35. The number of amides is 1. The van der Waals surface area contributed by atoms with Crippen LogP contribution in [0.25, 0.3) is 5.69 Å². The standard InChI is InChI=1S/C16H18FN3O2/c1-11-2-7-15(22-11)16(21)18-10-13-8-9-20(19-13)14-5-3-12(17)4-6-14/h3-6,8-9,11,15H,2,7,10H2,1H3,(H,18,21)/t11-,15-/m1/s1. The van der Waals surface area contributed by atoms with Crippen LogP contribution in [0.2, 0.25) is 0 Å². The lowest BCUT2D eigenvalue weighted by Crippen LogP contribution is -2.34. The van der Waals surface area contributed by atoms with Gasteiger partial charge in [-0.3, -0.25) is 4.79 Å². The molecule has 0 saturated carbocycles. The predicted molar refractivity (Wildman–Crippen MR) is 78.9 cm³/mol. The van der Waals surface area contributed by atoms with E-state index >= 15 is 0 Å². The van der Waals surface area contributed by atoms with Gasteiger partial charge in [0, 0.05) is 6.20 Å². The third-order valence-electron chi connectivity index (χ3n) is 3.70. The Labute approximate surface area is 128 Å². The molecule has 2 aromatic rings. The second-order valence-electron chi connectivity index (χ2n) is 5.46. The Bertz CT molecular complexity index is 654. The van der Waals surface area contributed by atoms with Gasteiger partial charge in [-0.1, -0.05) is 0 Å². The number of nitrogens with zero attached hydrogens (tertiary/aromatic N) is 2. The number of carbonyl (C=O) groups excluding carboxylic acids is 1. The number of hydrogen-bond donors (Lipinski definition) is 1. The minimum Gasteiger partial charge on any atom is -0.365 e. The van der Waals surface area contributed by atoms with Crippen molar-refractivity contribution < 1.29 is 13.9 Å². The molecular formula is C16H18FN3O2. The molecule has 0 bridgehead atoms. The van der Waals surface area contributed by atoms with E-state index in [4.69, 9.17) is 4.74 Å². The second kappa shape index (κ2) is 6.27. The van der Waals surface area contributed by atoms with Crippen LogP contribution in [-0.4, -0.2) is 27.9 Å². The van der Waals surface area contributed by atoms with Crippen LogP contribution in [0.3, 0.4) is 0 Å². The molecule has 0 unspecified atom stereocenters. The summed E-state index contributed by atoms with van der Waals surface area (Å²) in [5.74, 6) is -0.380. The molecule has 22 heavy (non-hydrogen) atoms. The van der Waals surface area contributed by atoms with Gasteiger partial charge in [0.25, 0.3) is 0 Å². The van der Waals surface area contributed by atoms with Gasteiger partial charge in [-0.25, -0.2) is 9.07 Å². The van der Waals surface area contributed by atoms with Crippen molar-refractivity contribution >= 4 is 5.91 Å². The summed E-state index contributed by atoms with van der Waals surface area (Å²) in [4.78, 5) is 12.0. The topological polar surface area (TPSA) is 56.2 Å². The number of carbonyl (C=O) groups is 1. The average Bonchev–Trinajstić information content (AvgIpc) is 3.15. The smallest absolute Gasteiger partial charge is 0.249 e. The first-order chi connectivity index (χ1) is 10.6. The molecule has 1 aromatic heterocycles. The summed E-state index contributed by atoms with van der Waals surface area (Å²) in [7, 11) is 0. The first kappa shape index (κ1) is 14.7. The normalized spacial score (nSPS) is 21.0. The van der Waals surface area contributed by atoms with E-state index in [0.29, 0.717) is 6.54 Å². The molecule has 6 heteroatoms. The van der Waals surface area contributed by atoms with Crippen LogP contribution in [0.5, 0.6) is 0 Å². The summed E-state index contributed by atoms with van der Waals surface area (Å²) in [5, 5.41) is 7.20. The summed E-state index contributed by atoms with van der Waals surface area (Å²) in [5.41, 5.74) is 1.51. The number of ether oxygens (including phenoxy) is 1. The number of nitrogens with one attached hydrogen (secondary N) is 1. The van der Waals surface area contributed by atoms with Crippen molar-refractivity contribution in [1.29, 1.82) is 0 Å². The summed E-state index contributed by atoms with van der Waals surface area (Å²) in [6.07, 6.45) is 3.25. The molecule has 3 rings (SSSR count). The van der Waals surface area contributed by atoms with E-state index in [-0.39, 0.29) is 23.9 Å². The molecule has 0 radical (unpaired) electrons. The van der Waals surface area contributed by atoms with Crippen LogP contribution < -0.4 is 5.32 Å². The number of hydrogen-bond acceptors (Lipinski definition) is 3. The van der Waals surface area contributed by atoms with E-state index in [1.165, 1.54) is 12.1 Å². The Kier molecular flexibility index (Phi) is 4.20. The van der Waals surface area contributed by atoms with Gasteiger partial charge in [0.1, 0.15) is 11.9 Å². The van der Waals surface area contributed by atoms with Crippen molar-refractivity contribution in [2.45, 2.75) is 38.5 Å². The molecule has 1 N–H and O–H groups in total. The van der Waals surface area contributed by atoms with Crippen molar-refractivity contribution in [3.05, 3.63) is 48.0 Å². The number of halogens is 1. The Morgan fingerprint density at radius 1 is 1.36 bits per heavy atom. The third-order valence-corrected chi connectivity index (χ3v) is 3.70. The third kappa shape index (κ3) is 3.33. The average molecular weight is 303 g/mol. The largest absolute Gasteiger partial charge is 0.365 e. The zero-order chi connectivity index (χ0) is 15.5. The highest BCUT2D eigenvalue weighted by atomic mass is 19.1. The minimum absolute atomic E-state index is 0.0966. The van der Waals surface area contributed by atoms with Crippen LogP contribution in [-0.2, 0) is 16.1 Å². The fourth-order valence-corrected chi connectivity index (χ4v) is 2.48. The van der Waals surface area contributed by atoms with Crippen molar-refractivity contribution in [2.24, 2.45) is 0 Å². The molecule has 0 spiro atoms. The molecule has 1 aliphatic heterocycles. The molecule has 1 aromatic carbocycles. The molecule has 116 valence electrons. The summed E-state index contributed by atoms with van der Waals surface area (Å²) < 4.78 is 20.1. The van der Waals surface area contributed by atoms with Crippen LogP contribution in [0.4, 0.5) is 4.39 Å². The molecule has 0 aliphatic carbocycles. The molecule has 1 aliphatic rings. The maximum Gasteiger partial charge on any atom is 0.249 e. The summed E-state index contributed by atoms with van der Waals surface area (Å²) in [6.45, 7) is 2.32. The summed E-state index contributed by atoms with van der Waals surface area (Å²) >= 11 is 0. The van der Waals surface area contributed by atoms with E-state index in [2.05, 4.69) is 10.4 Å². The highest BCUT2D eigenvalue weighted by Gasteiger charge is 2.27. The molecule has 1 fully saturated rings. The van der Waals surface area contributed by atoms with Crippen molar-refractivity contribution in [3.63, 3.8) is 0 Å². The maximum absolute atomic E-state index is 12.9. The predicted octanol–water partition coefficient (Wildman–Crippen LogP) is 2.20. The van der Waals surface area contributed by atoms with E-state index < -0.39 is 0 Å². The highest BCUT2D eigenvalue weighted by Crippen LogP contribution is 2.19. The van der Waals surface area contributed by atoms with Crippen LogP contribution >= 0.6 is 0 Å². The van der Waals surface area contributed by atoms with Gasteiger partial charge in [0.2, 0.25) is 5.91 Å². The fourth-order valence-electron chi connectivity index (χ4n) is 2.48. The molecule has 1 saturated heterocycles. The van der Waals surface area contributed by atoms with Gasteiger partial charge in [-0.2, -0.15) is 5.10 Å². The van der Waals surface area contributed by atoms with Gasteiger partial charge in [0.05, 0.1) is 24.0 Å². The Hall–Kier alpha value is -2.21. The Morgan fingerprint density at radius 2 is 2.14 bits per heavy atom. The Morgan fingerprint density at radius 3 is 2.82 bits per heavy atom. The quantitative estimate of drug-likeness (QED) is 0.942. The number of rotatable bonds is 4. The maximum atomic E-state index is 12.9. The van der Waals surface area contributed by atoms with Crippen molar-refractivity contribution in [1.82, 2.24) is 15.1 Å². The van der Waals surface area contributed by atoms with Gasteiger partial charge in [0.15, 0.2) is 0 Å². The lowest BCUT2D eigenvalue weighted by atomic mass is 10.2. The SMILES string of the molecule is C[C@@H]1CC[C@H](C(=O)NCc2ccn(-c3ccc(F)cc3)n2)O1. The van der Waals surface area contributed by atoms with Crippen LogP contribution in [0, 0.1) is 5.82 Å². The molecular weight excluding hydrogens is 285 g/mol. The highest BCUT2D eigenvalue weighted by molar-refractivity contribution is 5.80. The molecule has 2 heterocycles. The van der Waals surface area contributed by atoms with Crippen molar-refractivity contribution in [3.8, 4) is 5.69 Å². The number of aromatic nitrogens is 2. The van der Waals surface area contributed by atoms with Crippen LogP contribution in [0.1, 0.15) is 25.5 Å². The molecule has 5 nitrogen and oxygen atoms in total. The first-order valence-corrected chi connectivity index (χ1v) is 7.35. The zero-order valence-corrected chi connectivity index (χ0v) is 12.3. The van der Waals surface area contributed by atoms with E-state index in [9.17, 15) is 9.18 Å². The van der Waals surface area contributed by atoms with E-state index in [1.54, 1.807) is 23.0 Å². The van der Waals surface area contributed by atoms with E-state index in [1.807, 2.05) is 13.0 Å². The van der Waals surface area contributed by atoms with Crippen LogP contribution in [0.15, 0.2) is 36.5 Å². The van der Waals surface area contributed by atoms with Gasteiger partial charge < -0.3 is 10.1 Å². The zero-order valence-electron chi connectivity index (χ0n) is 12.3. The Balaban J connectivity index is 1.58. The van der Waals surface area contributed by atoms with Gasteiger partial charge in [-0.15, -0.1) is 0 Å². The molecule has 1 amide bonds. The second-order valence-corrected chi connectivity index (χ2v) is 5.46. The number of benzene rings is 1. The minimum atomic E-state index is -0.353. The molecule has 2 atom stereocenters. The van der Waals surface area contributed by atoms with Crippen molar-refractivity contribution in [2.75, 3.05) is 0 Å². The fraction of sp³-hybridized carbons (Fsp3) is 0.375. The lowest BCUT2D eigenvalue weighted by Gasteiger charge is -2.10. The van der Waals surface area contributed by atoms with E-state index in [0.717, 1.165) is 24.2 Å². The lowest BCUT2D eigenvalue weighted by molar-refractivity contribution is -0.131. The van der Waals surface area contributed by atoms with Gasteiger partial charge >= 0.3 is 0 Å². The monoisotopic (exact) mass is 303 g/mol. The van der Waals surface area contributed by atoms with Gasteiger partial charge in [-0.05, 0) is 50.1 Å². The summed E-state index contributed by atoms with van der Waals surface area (Å²) in [6, 6.07) is 7.90.